The number of rotatable bonds is 4. The first-order valence-electron chi connectivity index (χ1n) is 9.14. The summed E-state index contributed by atoms with van der Waals surface area (Å²) in [4.78, 5) is 2.45. The molecule has 0 unspecified atom stereocenters. The molecule has 2 aliphatic rings. The fraction of sp³-hybridized carbons (Fsp3) is 0.400. The van der Waals surface area contributed by atoms with Crippen LogP contribution in [0.4, 0.5) is 11.4 Å². The number of anilines is 2. The number of methoxy groups -OCH3 is 1. The topological polar surface area (TPSA) is 59.1 Å². The van der Waals surface area contributed by atoms with Gasteiger partial charge in [-0.05, 0) is 48.7 Å². The van der Waals surface area contributed by atoms with E-state index in [0.717, 1.165) is 35.6 Å². The lowest BCUT2D eigenvalue weighted by molar-refractivity contribution is 0.122. The van der Waals surface area contributed by atoms with Crippen LogP contribution in [-0.4, -0.2) is 48.4 Å². The Labute approximate surface area is 160 Å². The van der Waals surface area contributed by atoms with Crippen molar-refractivity contribution in [1.29, 1.82) is 0 Å². The zero-order valence-corrected chi connectivity index (χ0v) is 16.5. The Morgan fingerprint density at radius 1 is 1.04 bits per heavy atom. The van der Waals surface area contributed by atoms with Crippen molar-refractivity contribution in [3.63, 3.8) is 0 Å². The minimum absolute atomic E-state index is 0.217. The highest BCUT2D eigenvalue weighted by Crippen LogP contribution is 2.38. The Morgan fingerprint density at radius 3 is 2.56 bits per heavy atom. The lowest BCUT2D eigenvalue weighted by atomic mass is 10.1. The van der Waals surface area contributed by atoms with Crippen molar-refractivity contribution in [3.8, 4) is 5.75 Å². The molecule has 0 aromatic heterocycles. The fourth-order valence-electron chi connectivity index (χ4n) is 3.71. The first kappa shape index (κ1) is 18.1. The Morgan fingerprint density at radius 2 is 1.81 bits per heavy atom. The summed E-state index contributed by atoms with van der Waals surface area (Å²) in [5.74, 6) is 0.374. The SMILES string of the molecule is COc1ccc(C)cc1S(=O)(=O)N1CCc2ccc(N3CCOCC3)cc21. The summed E-state index contributed by atoms with van der Waals surface area (Å²) in [6, 6.07) is 11.4. The number of sulfonamides is 1. The van der Waals surface area contributed by atoms with Crippen molar-refractivity contribution >= 4 is 21.4 Å². The van der Waals surface area contributed by atoms with Crippen LogP contribution in [0.3, 0.4) is 0 Å². The highest BCUT2D eigenvalue weighted by Gasteiger charge is 2.33. The molecule has 1 saturated heterocycles. The van der Waals surface area contributed by atoms with Gasteiger partial charge in [0.1, 0.15) is 10.6 Å². The lowest BCUT2D eigenvalue weighted by Gasteiger charge is -2.30. The standard InChI is InChI=1S/C20H24N2O4S/c1-15-3-6-19(25-2)20(13-15)27(23,24)22-8-7-16-4-5-17(14-18(16)22)21-9-11-26-12-10-21/h3-6,13-14H,7-12H2,1-2H3. The van der Waals surface area contributed by atoms with Gasteiger partial charge in [-0.2, -0.15) is 0 Å². The van der Waals surface area contributed by atoms with Crippen molar-refractivity contribution < 1.29 is 17.9 Å². The quantitative estimate of drug-likeness (QED) is 0.806. The van der Waals surface area contributed by atoms with Crippen molar-refractivity contribution in [3.05, 3.63) is 47.5 Å². The number of morpholine rings is 1. The van der Waals surface area contributed by atoms with Crippen LogP contribution in [0.1, 0.15) is 11.1 Å². The number of hydrogen-bond donors (Lipinski definition) is 0. The minimum Gasteiger partial charge on any atom is -0.495 e. The average molecular weight is 388 g/mol. The molecule has 0 spiro atoms. The summed E-state index contributed by atoms with van der Waals surface area (Å²) in [5, 5.41) is 0. The van der Waals surface area contributed by atoms with Gasteiger partial charge in [-0.15, -0.1) is 0 Å². The van der Waals surface area contributed by atoms with Crippen LogP contribution in [0.15, 0.2) is 41.3 Å². The van der Waals surface area contributed by atoms with Gasteiger partial charge < -0.3 is 14.4 Å². The first-order valence-corrected chi connectivity index (χ1v) is 10.6. The van der Waals surface area contributed by atoms with Gasteiger partial charge in [0.15, 0.2) is 0 Å². The maximum atomic E-state index is 13.4. The molecular weight excluding hydrogens is 364 g/mol. The summed E-state index contributed by atoms with van der Waals surface area (Å²) in [7, 11) is -2.20. The van der Waals surface area contributed by atoms with Crippen LogP contribution < -0.4 is 13.9 Å². The maximum absolute atomic E-state index is 13.4. The average Bonchev–Trinajstić information content (AvgIpc) is 3.12. The molecular formula is C20H24N2O4S. The molecule has 27 heavy (non-hydrogen) atoms. The molecule has 0 N–H and O–H groups in total. The summed E-state index contributed by atoms with van der Waals surface area (Å²) in [6.45, 7) is 5.35. The second-order valence-corrected chi connectivity index (χ2v) is 8.72. The van der Waals surface area contributed by atoms with E-state index in [1.54, 1.807) is 12.1 Å². The van der Waals surface area contributed by atoms with Gasteiger partial charge in [-0.25, -0.2) is 8.42 Å². The molecule has 0 atom stereocenters. The molecule has 0 radical (unpaired) electrons. The molecule has 2 aliphatic heterocycles. The van der Waals surface area contributed by atoms with Crippen molar-refractivity contribution in [1.82, 2.24) is 0 Å². The molecule has 2 aromatic rings. The van der Waals surface area contributed by atoms with Crippen LogP contribution in [0, 0.1) is 6.92 Å². The van der Waals surface area contributed by atoms with Crippen molar-refractivity contribution in [2.45, 2.75) is 18.2 Å². The molecule has 2 heterocycles. The van der Waals surface area contributed by atoms with Gasteiger partial charge in [0, 0.05) is 25.3 Å². The monoisotopic (exact) mass is 388 g/mol. The Bertz CT molecular complexity index is 952. The number of hydrogen-bond acceptors (Lipinski definition) is 5. The molecule has 144 valence electrons. The molecule has 7 heteroatoms. The maximum Gasteiger partial charge on any atom is 0.268 e. The van der Waals surface area contributed by atoms with Gasteiger partial charge in [-0.3, -0.25) is 4.31 Å². The van der Waals surface area contributed by atoms with Gasteiger partial charge in [0.05, 0.1) is 26.0 Å². The summed E-state index contributed by atoms with van der Waals surface area (Å²) in [5.41, 5.74) is 3.75. The Hall–Kier alpha value is -2.25. The van der Waals surface area contributed by atoms with E-state index in [4.69, 9.17) is 9.47 Å². The van der Waals surface area contributed by atoms with Crippen LogP contribution in [-0.2, 0) is 21.2 Å². The van der Waals surface area contributed by atoms with Gasteiger partial charge in [-0.1, -0.05) is 12.1 Å². The zero-order chi connectivity index (χ0) is 19.0. The van der Waals surface area contributed by atoms with Crippen molar-refractivity contribution in [2.24, 2.45) is 0 Å². The van der Waals surface area contributed by atoms with Gasteiger partial charge in [0.2, 0.25) is 0 Å². The number of benzene rings is 2. The van der Waals surface area contributed by atoms with Gasteiger partial charge >= 0.3 is 0 Å². The largest absolute Gasteiger partial charge is 0.495 e. The van der Waals surface area contributed by atoms with E-state index in [-0.39, 0.29) is 4.90 Å². The molecule has 2 aromatic carbocycles. The van der Waals surface area contributed by atoms with E-state index in [1.165, 1.54) is 11.4 Å². The Balaban J connectivity index is 1.74. The van der Waals surface area contributed by atoms with E-state index in [9.17, 15) is 8.42 Å². The number of aryl methyl sites for hydroxylation is 1. The van der Waals surface area contributed by atoms with Crippen LogP contribution in [0.5, 0.6) is 5.75 Å². The third kappa shape index (κ3) is 3.26. The fourth-order valence-corrected chi connectivity index (χ4v) is 5.45. The molecule has 4 rings (SSSR count). The minimum atomic E-state index is -3.70. The highest BCUT2D eigenvalue weighted by molar-refractivity contribution is 7.93. The second kappa shape index (κ2) is 7.05. The summed E-state index contributed by atoms with van der Waals surface area (Å²) >= 11 is 0. The van der Waals surface area contributed by atoms with Crippen LogP contribution in [0.2, 0.25) is 0 Å². The third-order valence-electron chi connectivity index (χ3n) is 5.19. The van der Waals surface area contributed by atoms with Crippen LogP contribution >= 0.6 is 0 Å². The van der Waals surface area contributed by atoms with E-state index in [0.29, 0.717) is 31.9 Å². The van der Waals surface area contributed by atoms with Gasteiger partial charge in [0.25, 0.3) is 10.0 Å². The predicted octanol–water partition coefficient (Wildman–Crippen LogP) is 2.59. The molecule has 0 aliphatic carbocycles. The summed E-state index contributed by atoms with van der Waals surface area (Å²) < 4.78 is 39.1. The molecule has 0 bridgehead atoms. The van der Waals surface area contributed by atoms with E-state index in [1.807, 2.05) is 25.1 Å². The Kier molecular flexibility index (Phi) is 4.74. The normalized spacial score (nSPS) is 17.1. The molecule has 0 amide bonds. The molecule has 0 saturated carbocycles. The highest BCUT2D eigenvalue weighted by atomic mass is 32.2. The molecule has 1 fully saturated rings. The predicted molar refractivity (Wildman–Crippen MR) is 105 cm³/mol. The third-order valence-corrected chi connectivity index (χ3v) is 7.02. The second-order valence-electron chi connectivity index (χ2n) is 6.89. The smallest absolute Gasteiger partial charge is 0.268 e. The van der Waals surface area contributed by atoms with Crippen molar-refractivity contribution in [2.75, 3.05) is 49.2 Å². The number of nitrogens with zero attached hydrogens (tertiary/aromatic N) is 2. The lowest BCUT2D eigenvalue weighted by Crippen LogP contribution is -2.36. The summed E-state index contributed by atoms with van der Waals surface area (Å²) in [6.07, 6.45) is 0.714. The van der Waals surface area contributed by atoms with E-state index < -0.39 is 10.0 Å². The van der Waals surface area contributed by atoms with Crippen LogP contribution in [0.25, 0.3) is 0 Å². The van der Waals surface area contributed by atoms with E-state index >= 15 is 0 Å². The molecule has 6 nitrogen and oxygen atoms in total. The van der Waals surface area contributed by atoms with E-state index in [2.05, 4.69) is 11.0 Å². The number of fused-ring (bicyclic) bond motifs is 1. The number of ether oxygens (including phenoxy) is 2. The first-order chi connectivity index (χ1) is 13.0. The zero-order valence-electron chi connectivity index (χ0n) is 15.6.